The molecule has 1 saturated carbocycles. The normalized spacial score (nSPS) is 32.8. The highest BCUT2D eigenvalue weighted by atomic mass is 16.2. The summed E-state index contributed by atoms with van der Waals surface area (Å²) in [5, 5.41) is 7.94. The van der Waals surface area contributed by atoms with Crippen LogP contribution in [0.2, 0.25) is 0 Å². The summed E-state index contributed by atoms with van der Waals surface area (Å²) < 4.78 is 1.98. The summed E-state index contributed by atoms with van der Waals surface area (Å²) in [6, 6.07) is 2.78. The predicted octanol–water partition coefficient (Wildman–Crippen LogP) is 1.43. The van der Waals surface area contributed by atoms with Crippen molar-refractivity contribution >= 4 is 5.91 Å². The lowest BCUT2D eigenvalue weighted by atomic mass is 10.1. The quantitative estimate of drug-likeness (QED) is 0.887. The van der Waals surface area contributed by atoms with E-state index in [0.29, 0.717) is 17.8 Å². The number of carbonyl (C=O) groups excluding carboxylic acids is 1. The van der Waals surface area contributed by atoms with Crippen LogP contribution in [0.5, 0.6) is 0 Å². The number of amides is 1. The van der Waals surface area contributed by atoms with E-state index in [2.05, 4.69) is 15.3 Å². The molecule has 5 nitrogen and oxygen atoms in total. The minimum absolute atomic E-state index is 0.139. The van der Waals surface area contributed by atoms with Gasteiger partial charge in [0.25, 0.3) is 5.91 Å². The average molecular weight is 274 g/mol. The summed E-state index contributed by atoms with van der Waals surface area (Å²) in [5.41, 5.74) is 0.628. The van der Waals surface area contributed by atoms with Crippen molar-refractivity contribution in [2.75, 3.05) is 19.6 Å². The molecule has 1 amide bonds. The molecule has 1 aromatic rings. The smallest absolute Gasteiger partial charge is 0.274 e. The van der Waals surface area contributed by atoms with Crippen LogP contribution in [0.15, 0.2) is 12.3 Å². The summed E-state index contributed by atoms with van der Waals surface area (Å²) in [6.45, 7) is 3.01. The minimum atomic E-state index is 0.139. The summed E-state index contributed by atoms with van der Waals surface area (Å²) in [5.74, 6) is 0.883. The van der Waals surface area contributed by atoms with Crippen molar-refractivity contribution in [3.8, 4) is 0 Å². The Morgan fingerprint density at radius 1 is 1.30 bits per heavy atom. The lowest BCUT2D eigenvalue weighted by Gasteiger charge is -2.26. The summed E-state index contributed by atoms with van der Waals surface area (Å²) in [4.78, 5) is 14.6. The van der Waals surface area contributed by atoms with Crippen LogP contribution in [0, 0.1) is 5.92 Å². The highest BCUT2D eigenvalue weighted by Crippen LogP contribution is 2.37. The molecular formula is C15H22N4O. The number of nitrogens with zero attached hydrogens (tertiary/aromatic N) is 3. The lowest BCUT2D eigenvalue weighted by Crippen LogP contribution is -2.38. The monoisotopic (exact) mass is 274 g/mol. The molecule has 0 radical (unpaired) electrons. The third-order valence-electron chi connectivity index (χ3n) is 5.14. The van der Waals surface area contributed by atoms with E-state index in [9.17, 15) is 4.79 Å². The SMILES string of the molecule is O=C(c1ccn(C2CCCNC2)n1)N1CC2CCC1C2. The van der Waals surface area contributed by atoms with E-state index in [1.165, 1.54) is 25.7 Å². The average Bonchev–Trinajstić information content (AvgIpc) is 3.23. The molecule has 108 valence electrons. The van der Waals surface area contributed by atoms with Gasteiger partial charge in [0.05, 0.1) is 6.04 Å². The van der Waals surface area contributed by atoms with Gasteiger partial charge in [0, 0.05) is 25.3 Å². The molecule has 4 rings (SSSR count). The maximum Gasteiger partial charge on any atom is 0.274 e. The summed E-state index contributed by atoms with van der Waals surface area (Å²) in [6.07, 6.45) is 8.00. The molecule has 1 aromatic heterocycles. The summed E-state index contributed by atoms with van der Waals surface area (Å²) >= 11 is 0. The van der Waals surface area contributed by atoms with Gasteiger partial charge in [0.15, 0.2) is 0 Å². The Labute approximate surface area is 119 Å². The number of fused-ring (bicyclic) bond motifs is 2. The molecule has 2 bridgehead atoms. The Kier molecular flexibility index (Phi) is 3.02. The fourth-order valence-electron chi connectivity index (χ4n) is 4.04. The molecule has 0 spiro atoms. The van der Waals surface area contributed by atoms with Gasteiger partial charge in [0.2, 0.25) is 0 Å². The molecule has 0 aromatic carbocycles. The number of hydrogen-bond acceptors (Lipinski definition) is 3. The number of rotatable bonds is 2. The third-order valence-corrected chi connectivity index (χ3v) is 5.14. The van der Waals surface area contributed by atoms with Crippen LogP contribution >= 0.6 is 0 Å². The first kappa shape index (κ1) is 12.4. The molecule has 2 aliphatic heterocycles. The highest BCUT2D eigenvalue weighted by molar-refractivity contribution is 5.92. The number of piperidine rings is 2. The van der Waals surface area contributed by atoms with Crippen molar-refractivity contribution in [3.05, 3.63) is 18.0 Å². The third kappa shape index (κ3) is 2.04. The number of aromatic nitrogens is 2. The van der Waals surface area contributed by atoms with Gasteiger partial charge in [-0.25, -0.2) is 0 Å². The van der Waals surface area contributed by atoms with Crippen LogP contribution < -0.4 is 5.32 Å². The molecule has 3 fully saturated rings. The van der Waals surface area contributed by atoms with Gasteiger partial charge in [0.1, 0.15) is 5.69 Å². The van der Waals surface area contributed by atoms with Crippen LogP contribution in [-0.4, -0.2) is 46.3 Å². The second kappa shape index (κ2) is 4.88. The zero-order valence-electron chi connectivity index (χ0n) is 11.8. The Bertz CT molecular complexity index is 506. The van der Waals surface area contributed by atoms with Gasteiger partial charge in [-0.2, -0.15) is 5.10 Å². The standard InChI is InChI=1S/C15H22N4O/c20-15(18-10-11-3-4-12(18)8-11)14-5-7-19(17-14)13-2-1-6-16-9-13/h5,7,11-13,16H,1-4,6,8-10H2. The van der Waals surface area contributed by atoms with E-state index in [4.69, 9.17) is 0 Å². The minimum Gasteiger partial charge on any atom is -0.334 e. The van der Waals surface area contributed by atoms with Crippen molar-refractivity contribution in [3.63, 3.8) is 0 Å². The molecule has 3 heterocycles. The molecule has 1 aliphatic carbocycles. The predicted molar refractivity (Wildman–Crippen MR) is 75.5 cm³/mol. The molecular weight excluding hydrogens is 252 g/mol. The first-order valence-electron chi connectivity index (χ1n) is 7.88. The summed E-state index contributed by atoms with van der Waals surface area (Å²) in [7, 11) is 0. The van der Waals surface area contributed by atoms with Crippen molar-refractivity contribution in [1.82, 2.24) is 20.0 Å². The van der Waals surface area contributed by atoms with Gasteiger partial charge >= 0.3 is 0 Å². The number of nitrogens with one attached hydrogen (secondary N) is 1. The van der Waals surface area contributed by atoms with Crippen LogP contribution in [0.25, 0.3) is 0 Å². The molecule has 5 heteroatoms. The van der Waals surface area contributed by atoms with Gasteiger partial charge in [-0.3, -0.25) is 9.48 Å². The van der Waals surface area contributed by atoms with Crippen LogP contribution in [0.3, 0.4) is 0 Å². The molecule has 3 unspecified atom stereocenters. The second-order valence-electron chi connectivity index (χ2n) is 6.47. The first-order valence-corrected chi connectivity index (χ1v) is 7.88. The molecule has 3 aliphatic rings. The fraction of sp³-hybridized carbons (Fsp3) is 0.733. The number of hydrogen-bond donors (Lipinski definition) is 1. The molecule has 1 N–H and O–H groups in total. The lowest BCUT2D eigenvalue weighted by molar-refractivity contribution is 0.0696. The van der Waals surface area contributed by atoms with Crippen molar-refractivity contribution in [1.29, 1.82) is 0 Å². The van der Waals surface area contributed by atoms with E-state index >= 15 is 0 Å². The fourth-order valence-corrected chi connectivity index (χ4v) is 4.04. The van der Waals surface area contributed by atoms with E-state index in [1.54, 1.807) is 0 Å². The topological polar surface area (TPSA) is 50.2 Å². The number of likely N-dealkylation sites (tertiary alicyclic amines) is 1. The van der Waals surface area contributed by atoms with Crippen molar-refractivity contribution in [2.45, 2.75) is 44.2 Å². The van der Waals surface area contributed by atoms with Gasteiger partial charge in [-0.15, -0.1) is 0 Å². The highest BCUT2D eigenvalue weighted by Gasteiger charge is 2.41. The first-order chi connectivity index (χ1) is 9.81. The maximum atomic E-state index is 12.6. The number of carbonyl (C=O) groups is 1. The Morgan fingerprint density at radius 2 is 2.25 bits per heavy atom. The van der Waals surface area contributed by atoms with E-state index in [1.807, 2.05) is 16.9 Å². The van der Waals surface area contributed by atoms with Crippen LogP contribution in [0.1, 0.15) is 48.6 Å². The molecule has 2 saturated heterocycles. The van der Waals surface area contributed by atoms with Gasteiger partial charge in [-0.1, -0.05) is 0 Å². The van der Waals surface area contributed by atoms with Crippen LogP contribution in [0.4, 0.5) is 0 Å². The van der Waals surface area contributed by atoms with Gasteiger partial charge in [-0.05, 0) is 50.6 Å². The molecule has 3 atom stereocenters. The van der Waals surface area contributed by atoms with Gasteiger partial charge < -0.3 is 10.2 Å². The zero-order valence-corrected chi connectivity index (χ0v) is 11.8. The van der Waals surface area contributed by atoms with Crippen LogP contribution in [-0.2, 0) is 0 Å². The maximum absolute atomic E-state index is 12.6. The van der Waals surface area contributed by atoms with E-state index in [-0.39, 0.29) is 5.91 Å². The Morgan fingerprint density at radius 3 is 2.95 bits per heavy atom. The van der Waals surface area contributed by atoms with Crippen molar-refractivity contribution < 1.29 is 4.79 Å². The largest absolute Gasteiger partial charge is 0.334 e. The Balaban J connectivity index is 1.48. The second-order valence-corrected chi connectivity index (χ2v) is 6.47. The van der Waals surface area contributed by atoms with E-state index < -0.39 is 0 Å². The molecule has 20 heavy (non-hydrogen) atoms. The van der Waals surface area contributed by atoms with Crippen molar-refractivity contribution in [2.24, 2.45) is 5.92 Å². The van der Waals surface area contributed by atoms with E-state index in [0.717, 1.165) is 32.0 Å². The Hall–Kier alpha value is -1.36. The zero-order chi connectivity index (χ0) is 13.5.